The van der Waals surface area contributed by atoms with Gasteiger partial charge in [-0.1, -0.05) is 13.3 Å². The summed E-state index contributed by atoms with van der Waals surface area (Å²) in [7, 11) is 1.78. The number of hydrogen-bond acceptors (Lipinski definition) is 4. The number of likely N-dealkylation sites (tertiary alicyclic amines) is 2. The van der Waals surface area contributed by atoms with Crippen molar-refractivity contribution in [3.63, 3.8) is 0 Å². The van der Waals surface area contributed by atoms with E-state index in [1.165, 1.54) is 71.2 Å². The zero-order chi connectivity index (χ0) is 19.3. The van der Waals surface area contributed by atoms with Gasteiger partial charge < -0.3 is 25.2 Å². The molecule has 2 rings (SSSR count). The minimum Gasteiger partial charge on any atom is -0.383 e. The summed E-state index contributed by atoms with van der Waals surface area (Å²) in [6.07, 6.45) is 7.58. The zero-order valence-corrected chi connectivity index (χ0v) is 18.0. The van der Waals surface area contributed by atoms with Crippen molar-refractivity contribution < 1.29 is 4.74 Å². The summed E-state index contributed by atoms with van der Waals surface area (Å²) in [5.74, 6) is 1.74. The molecule has 0 atom stereocenters. The molecule has 6 heteroatoms. The fourth-order valence-electron chi connectivity index (χ4n) is 4.03. The van der Waals surface area contributed by atoms with Crippen LogP contribution in [0.2, 0.25) is 0 Å². The van der Waals surface area contributed by atoms with E-state index in [0.717, 1.165) is 38.1 Å². The highest BCUT2D eigenvalue weighted by atomic mass is 16.5. The maximum Gasteiger partial charge on any atom is 0.191 e. The number of guanidine groups is 1. The summed E-state index contributed by atoms with van der Waals surface area (Å²) in [4.78, 5) is 10.1. The third kappa shape index (κ3) is 8.79. The van der Waals surface area contributed by atoms with Gasteiger partial charge in [0.15, 0.2) is 5.96 Å². The first-order valence-corrected chi connectivity index (χ1v) is 11.2. The average Bonchev–Trinajstić information content (AvgIpc) is 2.71. The van der Waals surface area contributed by atoms with Crippen LogP contribution >= 0.6 is 0 Å². The molecule has 2 N–H and O–H groups in total. The van der Waals surface area contributed by atoms with Gasteiger partial charge >= 0.3 is 0 Å². The van der Waals surface area contributed by atoms with Crippen molar-refractivity contribution >= 4 is 5.96 Å². The number of nitrogens with zero attached hydrogens (tertiary/aromatic N) is 3. The Morgan fingerprint density at radius 2 is 1.67 bits per heavy atom. The third-order valence-corrected chi connectivity index (χ3v) is 5.93. The Balaban J connectivity index is 1.70. The van der Waals surface area contributed by atoms with Crippen molar-refractivity contribution in [1.82, 2.24) is 20.4 Å². The molecule has 2 heterocycles. The van der Waals surface area contributed by atoms with Gasteiger partial charge in [0, 0.05) is 45.9 Å². The lowest BCUT2D eigenvalue weighted by atomic mass is 9.97. The number of aliphatic imine (C=N–C) groups is 1. The summed E-state index contributed by atoms with van der Waals surface area (Å²) in [6.45, 7) is 14.3. The van der Waals surface area contributed by atoms with E-state index in [-0.39, 0.29) is 0 Å². The molecule has 2 aliphatic heterocycles. The molecule has 0 aliphatic carbocycles. The SMILES string of the molecule is CCCCN1CCC(NC(=NCC2CCN(CCOC)CC2)NCC)CC1. The van der Waals surface area contributed by atoms with Crippen LogP contribution in [-0.4, -0.2) is 87.9 Å². The number of piperidine rings is 2. The topological polar surface area (TPSA) is 52.1 Å². The molecule has 0 spiro atoms. The Kier molecular flexibility index (Phi) is 11.1. The summed E-state index contributed by atoms with van der Waals surface area (Å²) >= 11 is 0. The number of hydrogen-bond donors (Lipinski definition) is 2. The van der Waals surface area contributed by atoms with Gasteiger partial charge in [-0.05, 0) is 64.6 Å². The summed E-state index contributed by atoms with van der Waals surface area (Å²) in [6, 6.07) is 0.566. The second-order valence-corrected chi connectivity index (χ2v) is 8.11. The van der Waals surface area contributed by atoms with Crippen LogP contribution in [0.3, 0.4) is 0 Å². The highest BCUT2D eigenvalue weighted by Gasteiger charge is 2.21. The van der Waals surface area contributed by atoms with E-state index >= 15 is 0 Å². The highest BCUT2D eigenvalue weighted by Crippen LogP contribution is 2.17. The van der Waals surface area contributed by atoms with Crippen LogP contribution in [0.4, 0.5) is 0 Å². The molecule has 0 radical (unpaired) electrons. The Bertz CT molecular complexity index is 401. The third-order valence-electron chi connectivity index (χ3n) is 5.93. The lowest BCUT2D eigenvalue weighted by Crippen LogP contribution is -2.49. The maximum atomic E-state index is 5.19. The summed E-state index contributed by atoms with van der Waals surface area (Å²) in [5.41, 5.74) is 0. The van der Waals surface area contributed by atoms with Gasteiger partial charge in [-0.15, -0.1) is 0 Å². The lowest BCUT2D eigenvalue weighted by molar-refractivity contribution is 0.121. The molecule has 0 bridgehead atoms. The molecule has 0 saturated carbocycles. The van der Waals surface area contributed by atoms with Crippen LogP contribution in [-0.2, 0) is 4.74 Å². The first-order chi connectivity index (χ1) is 13.2. The number of nitrogens with one attached hydrogen (secondary N) is 2. The van der Waals surface area contributed by atoms with E-state index in [4.69, 9.17) is 9.73 Å². The van der Waals surface area contributed by atoms with E-state index in [1.807, 2.05) is 0 Å². The molecule has 2 aliphatic rings. The summed E-state index contributed by atoms with van der Waals surface area (Å²) < 4.78 is 5.19. The molecule has 0 unspecified atom stereocenters. The second kappa shape index (κ2) is 13.3. The summed E-state index contributed by atoms with van der Waals surface area (Å²) in [5, 5.41) is 7.15. The van der Waals surface area contributed by atoms with Crippen molar-refractivity contribution in [1.29, 1.82) is 0 Å². The normalized spacial score (nSPS) is 21.5. The van der Waals surface area contributed by atoms with E-state index < -0.39 is 0 Å². The van der Waals surface area contributed by atoms with Crippen molar-refractivity contribution in [3.8, 4) is 0 Å². The molecule has 2 saturated heterocycles. The van der Waals surface area contributed by atoms with Crippen LogP contribution in [0.25, 0.3) is 0 Å². The minimum absolute atomic E-state index is 0.566. The lowest BCUT2D eigenvalue weighted by Gasteiger charge is -2.33. The van der Waals surface area contributed by atoms with E-state index in [2.05, 4.69) is 34.3 Å². The van der Waals surface area contributed by atoms with Gasteiger partial charge in [-0.25, -0.2) is 0 Å². The van der Waals surface area contributed by atoms with Gasteiger partial charge in [0.05, 0.1) is 6.61 Å². The molecule has 0 amide bonds. The van der Waals surface area contributed by atoms with Gasteiger partial charge in [0.2, 0.25) is 0 Å². The number of rotatable bonds is 10. The van der Waals surface area contributed by atoms with E-state index in [9.17, 15) is 0 Å². The number of ether oxygens (including phenoxy) is 1. The van der Waals surface area contributed by atoms with Crippen molar-refractivity contribution in [2.75, 3.05) is 66.1 Å². The standard InChI is InChI=1S/C21H43N5O/c1-4-6-11-25-14-9-20(10-15-25)24-21(22-5-2)23-18-19-7-12-26(13-8-19)16-17-27-3/h19-20H,4-18H2,1-3H3,(H2,22,23,24). The monoisotopic (exact) mass is 381 g/mol. The molecule has 27 heavy (non-hydrogen) atoms. The van der Waals surface area contributed by atoms with Crippen LogP contribution in [0.15, 0.2) is 4.99 Å². The van der Waals surface area contributed by atoms with Gasteiger partial charge in [-0.3, -0.25) is 4.99 Å². The van der Waals surface area contributed by atoms with Crippen molar-refractivity contribution in [2.45, 2.75) is 58.4 Å². The van der Waals surface area contributed by atoms with Crippen molar-refractivity contribution in [2.24, 2.45) is 10.9 Å². The smallest absolute Gasteiger partial charge is 0.191 e. The predicted octanol–water partition coefficient (Wildman–Crippen LogP) is 2.16. The quantitative estimate of drug-likeness (QED) is 0.449. The zero-order valence-electron chi connectivity index (χ0n) is 18.0. The first kappa shape index (κ1) is 22.4. The van der Waals surface area contributed by atoms with Crippen molar-refractivity contribution in [3.05, 3.63) is 0 Å². The molecule has 158 valence electrons. The molecular formula is C21H43N5O. The Hall–Kier alpha value is -0.850. The Labute approximate surface area is 167 Å². The number of unbranched alkanes of at least 4 members (excludes halogenated alkanes) is 1. The largest absolute Gasteiger partial charge is 0.383 e. The Morgan fingerprint density at radius 3 is 2.30 bits per heavy atom. The van der Waals surface area contributed by atoms with Gasteiger partial charge in [0.25, 0.3) is 0 Å². The molecular weight excluding hydrogens is 338 g/mol. The molecule has 0 aromatic rings. The average molecular weight is 382 g/mol. The second-order valence-electron chi connectivity index (χ2n) is 8.11. The first-order valence-electron chi connectivity index (χ1n) is 11.2. The molecule has 6 nitrogen and oxygen atoms in total. The fraction of sp³-hybridized carbons (Fsp3) is 0.952. The molecule has 0 aromatic carbocycles. The van der Waals surface area contributed by atoms with Gasteiger partial charge in [0.1, 0.15) is 0 Å². The molecule has 0 aromatic heterocycles. The molecule has 2 fully saturated rings. The fourth-order valence-corrected chi connectivity index (χ4v) is 4.03. The van der Waals surface area contributed by atoms with Crippen LogP contribution in [0.1, 0.15) is 52.4 Å². The van der Waals surface area contributed by atoms with Gasteiger partial charge in [-0.2, -0.15) is 0 Å². The number of methoxy groups -OCH3 is 1. The van der Waals surface area contributed by atoms with E-state index in [0.29, 0.717) is 6.04 Å². The maximum absolute atomic E-state index is 5.19. The van der Waals surface area contributed by atoms with Crippen LogP contribution < -0.4 is 10.6 Å². The van der Waals surface area contributed by atoms with Crippen LogP contribution in [0.5, 0.6) is 0 Å². The minimum atomic E-state index is 0.566. The van der Waals surface area contributed by atoms with E-state index in [1.54, 1.807) is 7.11 Å². The predicted molar refractivity (Wildman–Crippen MR) is 115 cm³/mol. The van der Waals surface area contributed by atoms with Crippen LogP contribution in [0, 0.1) is 5.92 Å². The Morgan fingerprint density at radius 1 is 1.00 bits per heavy atom. The highest BCUT2D eigenvalue weighted by molar-refractivity contribution is 5.80.